The molecule has 3 aromatic rings. The van der Waals surface area contributed by atoms with Crippen LogP contribution in [0.2, 0.25) is 0 Å². The number of methoxy groups -OCH3 is 1. The number of hydrogen-bond donors (Lipinski definition) is 0. The molecule has 3 rings (SSSR count). The molecule has 2 heterocycles. The number of aromatic nitrogens is 1. The van der Waals surface area contributed by atoms with Gasteiger partial charge in [-0.25, -0.2) is 4.79 Å². The van der Waals surface area contributed by atoms with Crippen molar-refractivity contribution in [3.63, 3.8) is 0 Å². The maximum Gasteiger partial charge on any atom is 0.341 e. The highest BCUT2D eigenvalue weighted by Crippen LogP contribution is 2.30. The molecule has 0 saturated heterocycles. The van der Waals surface area contributed by atoms with Gasteiger partial charge in [0.25, 0.3) is 0 Å². The summed E-state index contributed by atoms with van der Waals surface area (Å²) in [6.45, 7) is 0. The first-order valence-corrected chi connectivity index (χ1v) is 5.75. The zero-order chi connectivity index (χ0) is 11.1. The van der Waals surface area contributed by atoms with Crippen molar-refractivity contribution in [2.24, 2.45) is 0 Å². The monoisotopic (exact) mass is 231 g/mol. The fourth-order valence-electron chi connectivity index (χ4n) is 1.96. The molecule has 2 aromatic heterocycles. The fourth-order valence-corrected chi connectivity index (χ4v) is 2.85. The minimum Gasteiger partial charge on any atom is -0.465 e. The Morgan fingerprint density at radius 2 is 2.19 bits per heavy atom. The standard InChI is InChI=1S/C12H9NO2S/c1-15-12(14)10-8-4-2-3-5-9(8)13-6-7-16-11(10)13/h2-7H,1H3. The molecule has 0 spiro atoms. The number of rotatable bonds is 1. The van der Waals surface area contributed by atoms with E-state index in [-0.39, 0.29) is 5.97 Å². The maximum absolute atomic E-state index is 11.8. The number of esters is 1. The van der Waals surface area contributed by atoms with Crippen molar-refractivity contribution in [1.82, 2.24) is 4.40 Å². The van der Waals surface area contributed by atoms with Crippen LogP contribution in [0.15, 0.2) is 35.8 Å². The Morgan fingerprint density at radius 3 is 3.00 bits per heavy atom. The Morgan fingerprint density at radius 1 is 1.38 bits per heavy atom. The molecule has 0 amide bonds. The van der Waals surface area contributed by atoms with Gasteiger partial charge in [0.2, 0.25) is 0 Å². The summed E-state index contributed by atoms with van der Waals surface area (Å²) in [5.41, 5.74) is 1.70. The molecule has 0 N–H and O–H groups in total. The second kappa shape index (κ2) is 3.35. The molecular weight excluding hydrogens is 222 g/mol. The quantitative estimate of drug-likeness (QED) is 0.603. The van der Waals surface area contributed by atoms with Gasteiger partial charge in [0.15, 0.2) is 0 Å². The number of carbonyl (C=O) groups excluding carboxylic acids is 1. The van der Waals surface area contributed by atoms with Crippen LogP contribution in [0, 0.1) is 0 Å². The molecule has 0 fully saturated rings. The molecule has 0 aliphatic carbocycles. The molecule has 1 aromatic carbocycles. The lowest BCUT2D eigenvalue weighted by Crippen LogP contribution is -1.99. The predicted octanol–water partition coefficient (Wildman–Crippen LogP) is 2.94. The topological polar surface area (TPSA) is 30.7 Å². The molecule has 80 valence electrons. The van der Waals surface area contributed by atoms with E-state index in [1.165, 1.54) is 7.11 Å². The van der Waals surface area contributed by atoms with Crippen molar-refractivity contribution in [3.8, 4) is 0 Å². The molecule has 0 unspecified atom stereocenters. The first-order chi connectivity index (χ1) is 7.83. The molecule has 0 radical (unpaired) electrons. The maximum atomic E-state index is 11.8. The first-order valence-electron chi connectivity index (χ1n) is 4.87. The Kier molecular flexibility index (Phi) is 1.97. The van der Waals surface area contributed by atoms with E-state index in [9.17, 15) is 4.79 Å². The molecule has 0 atom stereocenters. The van der Waals surface area contributed by atoms with Gasteiger partial charge in [-0.3, -0.25) is 0 Å². The third kappa shape index (κ3) is 1.10. The summed E-state index contributed by atoms with van der Waals surface area (Å²) < 4.78 is 6.85. The normalized spacial score (nSPS) is 11.1. The van der Waals surface area contributed by atoms with Gasteiger partial charge >= 0.3 is 5.97 Å². The van der Waals surface area contributed by atoms with Crippen molar-refractivity contribution in [3.05, 3.63) is 41.4 Å². The average molecular weight is 231 g/mol. The summed E-state index contributed by atoms with van der Waals surface area (Å²) in [6.07, 6.45) is 1.97. The van der Waals surface area contributed by atoms with E-state index in [4.69, 9.17) is 4.74 Å². The second-order valence-electron chi connectivity index (χ2n) is 3.46. The molecular formula is C12H9NO2S. The number of fused-ring (bicyclic) bond motifs is 3. The number of benzene rings is 1. The van der Waals surface area contributed by atoms with Crippen LogP contribution in [0.4, 0.5) is 0 Å². The van der Waals surface area contributed by atoms with E-state index in [1.807, 2.05) is 40.2 Å². The highest BCUT2D eigenvalue weighted by Gasteiger charge is 2.18. The third-order valence-electron chi connectivity index (χ3n) is 2.64. The van der Waals surface area contributed by atoms with Gasteiger partial charge in [-0.15, -0.1) is 11.3 Å². The summed E-state index contributed by atoms with van der Waals surface area (Å²) in [5, 5.41) is 2.91. The fraction of sp³-hybridized carbons (Fsp3) is 0.0833. The summed E-state index contributed by atoms with van der Waals surface area (Å²) in [4.78, 5) is 12.7. The van der Waals surface area contributed by atoms with Crippen LogP contribution in [-0.4, -0.2) is 17.5 Å². The van der Waals surface area contributed by atoms with Gasteiger partial charge in [0.1, 0.15) is 10.4 Å². The lowest BCUT2D eigenvalue weighted by Gasteiger charge is -1.96. The van der Waals surface area contributed by atoms with Gasteiger partial charge in [0, 0.05) is 17.0 Å². The van der Waals surface area contributed by atoms with Crippen LogP contribution < -0.4 is 0 Å². The molecule has 0 bridgehead atoms. The molecule has 3 nitrogen and oxygen atoms in total. The van der Waals surface area contributed by atoms with Gasteiger partial charge < -0.3 is 9.14 Å². The second-order valence-corrected chi connectivity index (χ2v) is 4.36. The zero-order valence-corrected chi connectivity index (χ0v) is 9.45. The van der Waals surface area contributed by atoms with Gasteiger partial charge in [-0.05, 0) is 6.07 Å². The Balaban J connectivity index is 2.52. The molecule has 4 heteroatoms. The third-order valence-corrected chi connectivity index (χ3v) is 3.53. The lowest BCUT2D eigenvalue weighted by atomic mass is 10.2. The Hall–Kier alpha value is -1.81. The van der Waals surface area contributed by atoms with E-state index >= 15 is 0 Å². The summed E-state index contributed by atoms with van der Waals surface area (Å²) in [7, 11) is 1.41. The number of nitrogens with zero attached hydrogens (tertiary/aromatic N) is 1. The predicted molar refractivity (Wildman–Crippen MR) is 64.1 cm³/mol. The highest BCUT2D eigenvalue weighted by atomic mass is 32.1. The summed E-state index contributed by atoms with van der Waals surface area (Å²) in [6, 6.07) is 7.84. The smallest absolute Gasteiger partial charge is 0.341 e. The number of para-hydroxylation sites is 1. The average Bonchev–Trinajstić information content (AvgIpc) is 2.87. The first kappa shape index (κ1) is 9.42. The van der Waals surface area contributed by atoms with Crippen LogP contribution in [0.1, 0.15) is 10.4 Å². The van der Waals surface area contributed by atoms with Gasteiger partial charge in [0.05, 0.1) is 12.6 Å². The Labute approximate surface area is 95.9 Å². The van der Waals surface area contributed by atoms with E-state index in [1.54, 1.807) is 11.3 Å². The van der Waals surface area contributed by atoms with Crippen LogP contribution >= 0.6 is 11.3 Å². The SMILES string of the molecule is COC(=O)c1c2ccccc2n2ccsc12. The minimum absolute atomic E-state index is 0.277. The van der Waals surface area contributed by atoms with Crippen molar-refractivity contribution in [1.29, 1.82) is 0 Å². The minimum atomic E-state index is -0.277. The molecule has 0 aliphatic heterocycles. The molecule has 0 saturated carbocycles. The number of ether oxygens (including phenoxy) is 1. The van der Waals surface area contributed by atoms with Crippen molar-refractivity contribution in [2.75, 3.05) is 7.11 Å². The van der Waals surface area contributed by atoms with E-state index in [0.717, 1.165) is 15.7 Å². The van der Waals surface area contributed by atoms with Crippen LogP contribution in [0.5, 0.6) is 0 Å². The number of hydrogen-bond acceptors (Lipinski definition) is 3. The zero-order valence-electron chi connectivity index (χ0n) is 8.64. The van der Waals surface area contributed by atoms with Gasteiger partial charge in [-0.1, -0.05) is 18.2 Å². The van der Waals surface area contributed by atoms with E-state index in [2.05, 4.69) is 0 Å². The lowest BCUT2D eigenvalue weighted by molar-refractivity contribution is 0.0605. The van der Waals surface area contributed by atoms with Crippen molar-refractivity contribution in [2.45, 2.75) is 0 Å². The Bertz CT molecular complexity index is 681. The van der Waals surface area contributed by atoms with E-state index in [0.29, 0.717) is 5.56 Å². The summed E-state index contributed by atoms with van der Waals surface area (Å²) >= 11 is 1.55. The highest BCUT2D eigenvalue weighted by molar-refractivity contribution is 7.16. The van der Waals surface area contributed by atoms with E-state index < -0.39 is 0 Å². The molecule has 16 heavy (non-hydrogen) atoms. The van der Waals surface area contributed by atoms with Crippen molar-refractivity contribution >= 4 is 33.0 Å². The van der Waals surface area contributed by atoms with Crippen LogP contribution in [0.3, 0.4) is 0 Å². The largest absolute Gasteiger partial charge is 0.465 e. The summed E-state index contributed by atoms with van der Waals surface area (Å²) in [5.74, 6) is -0.277. The van der Waals surface area contributed by atoms with Crippen LogP contribution in [0.25, 0.3) is 15.7 Å². The van der Waals surface area contributed by atoms with Gasteiger partial charge in [-0.2, -0.15) is 0 Å². The molecule has 0 aliphatic rings. The van der Waals surface area contributed by atoms with Crippen molar-refractivity contribution < 1.29 is 9.53 Å². The van der Waals surface area contributed by atoms with Crippen LogP contribution in [-0.2, 0) is 4.74 Å². The number of carbonyl (C=O) groups is 1. The number of thiazole rings is 1.